The molecule has 1 unspecified atom stereocenters. The average Bonchev–Trinajstić information content (AvgIpc) is 3.20. The number of aliphatic hydroxyl groups excluding tert-OH is 2. The number of halogens is 2. The summed E-state index contributed by atoms with van der Waals surface area (Å²) < 4.78 is 1.88. The van der Waals surface area contributed by atoms with E-state index >= 15 is 0 Å². The van der Waals surface area contributed by atoms with Crippen LogP contribution in [0.1, 0.15) is 11.1 Å². The van der Waals surface area contributed by atoms with Crippen LogP contribution >= 0.6 is 24.0 Å². The van der Waals surface area contributed by atoms with Crippen molar-refractivity contribution in [1.82, 2.24) is 9.88 Å². The van der Waals surface area contributed by atoms with Gasteiger partial charge in [-0.25, -0.2) is 0 Å². The Hall–Kier alpha value is -2.84. The summed E-state index contributed by atoms with van der Waals surface area (Å²) in [6, 6.07) is 12.4. The Balaban J connectivity index is 0.00000272. The van der Waals surface area contributed by atoms with Crippen molar-refractivity contribution in [3.05, 3.63) is 64.8 Å². The molecule has 4 N–H and O–H groups in total. The molecule has 1 aliphatic heterocycles. The highest BCUT2D eigenvalue weighted by Gasteiger charge is 2.33. The van der Waals surface area contributed by atoms with Gasteiger partial charge in [-0.3, -0.25) is 14.9 Å². The van der Waals surface area contributed by atoms with Crippen molar-refractivity contribution in [1.29, 1.82) is 0 Å². The molecule has 0 radical (unpaired) electrons. The van der Waals surface area contributed by atoms with Crippen LogP contribution in [0.4, 0.5) is 5.69 Å². The summed E-state index contributed by atoms with van der Waals surface area (Å²) in [6.07, 6.45) is 0.911. The van der Waals surface area contributed by atoms with Gasteiger partial charge in [0.25, 0.3) is 11.8 Å². The van der Waals surface area contributed by atoms with Crippen molar-refractivity contribution < 1.29 is 19.8 Å². The molecule has 1 aliphatic rings. The predicted octanol–water partition coefficient (Wildman–Crippen LogP) is 2.59. The molecule has 4 rings (SSSR count). The van der Waals surface area contributed by atoms with Gasteiger partial charge in [0.15, 0.2) is 0 Å². The molecule has 2 heterocycles. The van der Waals surface area contributed by atoms with Gasteiger partial charge in [0.05, 0.1) is 23.9 Å². The maximum absolute atomic E-state index is 12.7. The third-order valence-electron chi connectivity index (χ3n) is 5.06. The highest BCUT2D eigenvalue weighted by atomic mass is 35.5. The number of aryl methyl sites for hydroxylation is 1. The minimum Gasteiger partial charge on any atom is -0.394 e. The zero-order chi connectivity index (χ0) is 21.4. The van der Waals surface area contributed by atoms with Crippen molar-refractivity contribution in [2.45, 2.75) is 6.10 Å². The number of rotatable bonds is 6. The third kappa shape index (κ3) is 4.31. The van der Waals surface area contributed by atoms with E-state index in [1.165, 1.54) is 0 Å². The average molecular weight is 462 g/mol. The van der Waals surface area contributed by atoms with Gasteiger partial charge in [0, 0.05) is 47.0 Å². The second-order valence-electron chi connectivity index (χ2n) is 7.15. The first-order valence-electron chi connectivity index (χ1n) is 9.37. The number of nitrogens with one attached hydrogen (secondary N) is 2. The number of imide groups is 1. The zero-order valence-electron chi connectivity index (χ0n) is 16.6. The Morgan fingerprint density at radius 2 is 1.87 bits per heavy atom. The molecule has 162 valence electrons. The second-order valence-corrected chi connectivity index (χ2v) is 7.58. The number of hydrogen-bond acceptors (Lipinski definition) is 5. The number of carbonyl (C=O) groups excluding carboxylic acids is 2. The van der Waals surface area contributed by atoms with Crippen LogP contribution < -0.4 is 10.6 Å². The molecule has 2 aromatic carbocycles. The van der Waals surface area contributed by atoms with E-state index in [4.69, 9.17) is 16.7 Å². The third-order valence-corrected chi connectivity index (χ3v) is 5.29. The minimum absolute atomic E-state index is 0. The summed E-state index contributed by atoms with van der Waals surface area (Å²) in [4.78, 5) is 25.4. The van der Waals surface area contributed by atoms with Crippen LogP contribution in [0.2, 0.25) is 5.02 Å². The molecule has 1 aromatic heterocycles. The molecular weight excluding hydrogens is 441 g/mol. The number of aliphatic hydroxyl groups is 2. The molecule has 31 heavy (non-hydrogen) atoms. The highest BCUT2D eigenvalue weighted by Crippen LogP contribution is 2.37. The first-order chi connectivity index (χ1) is 14.4. The van der Waals surface area contributed by atoms with Gasteiger partial charge in [0.1, 0.15) is 0 Å². The zero-order valence-corrected chi connectivity index (χ0v) is 18.1. The Morgan fingerprint density at radius 1 is 1.13 bits per heavy atom. The van der Waals surface area contributed by atoms with Crippen molar-refractivity contribution >= 4 is 63.6 Å². The van der Waals surface area contributed by atoms with E-state index in [1.807, 2.05) is 23.9 Å². The number of aromatic nitrogens is 1. The molecule has 0 bridgehead atoms. The molecule has 0 saturated carbocycles. The predicted molar refractivity (Wildman–Crippen MR) is 123 cm³/mol. The van der Waals surface area contributed by atoms with Crippen LogP contribution in [0, 0.1) is 0 Å². The number of amides is 2. The molecule has 9 heteroatoms. The molecule has 7 nitrogen and oxygen atoms in total. The van der Waals surface area contributed by atoms with Crippen LogP contribution in [0.25, 0.3) is 22.0 Å². The van der Waals surface area contributed by atoms with Crippen LogP contribution in [0.15, 0.2) is 48.7 Å². The standard InChI is InChI=1S/C22H20ClN3O4.ClH/c1-26-10-17(16-8-13(23)5-6-18(16)26)20-19(21(29)25-22(20)30)12-3-2-4-14(7-12)24-9-15(28)11-27;/h2-8,10,15,24,27-28H,9,11H2,1H3,(H,25,29,30);1H. The molecule has 2 amide bonds. The lowest BCUT2D eigenvalue weighted by Gasteiger charge is -2.12. The van der Waals surface area contributed by atoms with Gasteiger partial charge in [-0.1, -0.05) is 23.7 Å². The van der Waals surface area contributed by atoms with Gasteiger partial charge in [-0.15, -0.1) is 12.4 Å². The maximum Gasteiger partial charge on any atom is 0.259 e. The fourth-order valence-corrected chi connectivity index (χ4v) is 3.81. The molecule has 0 spiro atoms. The van der Waals surface area contributed by atoms with E-state index in [1.54, 1.807) is 36.4 Å². The number of hydrogen-bond donors (Lipinski definition) is 4. The normalized spacial score (nSPS) is 14.6. The lowest BCUT2D eigenvalue weighted by Crippen LogP contribution is -2.23. The van der Waals surface area contributed by atoms with E-state index in [2.05, 4.69) is 10.6 Å². The fraction of sp³-hybridized carbons (Fsp3) is 0.182. The Kier molecular flexibility index (Phi) is 6.71. The molecule has 0 aliphatic carbocycles. The fourth-order valence-electron chi connectivity index (χ4n) is 3.64. The first kappa shape index (κ1) is 22.8. The summed E-state index contributed by atoms with van der Waals surface area (Å²) in [5, 5.41) is 25.2. The SMILES string of the molecule is Cl.Cn1cc(C2=C(c3cccc(NCC(O)CO)c3)C(=O)NC2=O)c2cc(Cl)ccc21. The highest BCUT2D eigenvalue weighted by molar-refractivity contribution is 6.50. The smallest absolute Gasteiger partial charge is 0.259 e. The molecule has 0 saturated heterocycles. The number of nitrogens with zero attached hydrogens (tertiary/aromatic N) is 1. The van der Waals surface area contributed by atoms with E-state index in [9.17, 15) is 14.7 Å². The Bertz CT molecular complexity index is 1200. The molecule has 0 fully saturated rings. The maximum atomic E-state index is 12.7. The molecule has 1 atom stereocenters. The van der Waals surface area contributed by atoms with Gasteiger partial charge < -0.3 is 20.1 Å². The quantitative estimate of drug-likeness (QED) is 0.422. The largest absolute Gasteiger partial charge is 0.394 e. The van der Waals surface area contributed by atoms with Crippen LogP contribution in [-0.4, -0.2) is 45.9 Å². The Labute approximate surface area is 189 Å². The summed E-state index contributed by atoms with van der Waals surface area (Å²) in [6.45, 7) is -0.207. The number of benzene rings is 2. The summed E-state index contributed by atoms with van der Waals surface area (Å²) in [5.41, 5.74) is 3.30. The van der Waals surface area contributed by atoms with Gasteiger partial charge in [-0.2, -0.15) is 0 Å². The lowest BCUT2D eigenvalue weighted by atomic mass is 9.95. The minimum atomic E-state index is -0.903. The van der Waals surface area contributed by atoms with E-state index in [0.29, 0.717) is 27.4 Å². The van der Waals surface area contributed by atoms with E-state index in [-0.39, 0.29) is 31.1 Å². The first-order valence-corrected chi connectivity index (χ1v) is 9.75. The van der Waals surface area contributed by atoms with Gasteiger partial charge in [0.2, 0.25) is 0 Å². The molecule has 3 aromatic rings. The summed E-state index contributed by atoms with van der Waals surface area (Å²) >= 11 is 6.18. The van der Waals surface area contributed by atoms with Crippen molar-refractivity contribution in [3.8, 4) is 0 Å². The van der Waals surface area contributed by atoms with Crippen molar-refractivity contribution in [2.24, 2.45) is 7.05 Å². The van der Waals surface area contributed by atoms with Gasteiger partial charge >= 0.3 is 0 Å². The molecular formula is C22H21Cl2N3O4. The van der Waals surface area contributed by atoms with E-state index in [0.717, 1.165) is 10.9 Å². The van der Waals surface area contributed by atoms with Gasteiger partial charge in [-0.05, 0) is 35.9 Å². The summed E-state index contributed by atoms with van der Waals surface area (Å²) in [5.74, 6) is -0.932. The number of fused-ring (bicyclic) bond motifs is 1. The van der Waals surface area contributed by atoms with Crippen LogP contribution in [0.5, 0.6) is 0 Å². The lowest BCUT2D eigenvalue weighted by molar-refractivity contribution is -0.122. The van der Waals surface area contributed by atoms with Crippen LogP contribution in [-0.2, 0) is 16.6 Å². The number of anilines is 1. The van der Waals surface area contributed by atoms with Crippen molar-refractivity contribution in [2.75, 3.05) is 18.5 Å². The number of carbonyl (C=O) groups is 2. The second kappa shape index (κ2) is 9.11. The van der Waals surface area contributed by atoms with Crippen LogP contribution in [0.3, 0.4) is 0 Å². The summed E-state index contributed by atoms with van der Waals surface area (Å²) in [7, 11) is 1.87. The topological polar surface area (TPSA) is 104 Å². The van der Waals surface area contributed by atoms with Crippen molar-refractivity contribution in [3.63, 3.8) is 0 Å². The van der Waals surface area contributed by atoms with E-state index < -0.39 is 17.9 Å². The Morgan fingerprint density at radius 3 is 2.61 bits per heavy atom. The monoisotopic (exact) mass is 461 g/mol.